The lowest BCUT2D eigenvalue weighted by Gasteiger charge is -2.11. The molecule has 0 unspecified atom stereocenters. The Morgan fingerprint density at radius 1 is 0.769 bits per heavy atom. The third kappa shape index (κ3) is 4.19. The maximum Gasteiger partial charge on any atom is 0.319 e. The highest BCUT2D eigenvalue weighted by molar-refractivity contribution is 6.13. The number of hydrogen-bond donors (Lipinski definition) is 3. The summed E-state index contributed by atoms with van der Waals surface area (Å²) in [5.74, 6) is -0.167. The van der Waals surface area contributed by atoms with Crippen molar-refractivity contribution in [3.63, 3.8) is 0 Å². The number of anilines is 2. The molecular formula is C21H21N3O2. The van der Waals surface area contributed by atoms with Gasteiger partial charge in [-0.1, -0.05) is 36.4 Å². The highest BCUT2D eigenvalue weighted by atomic mass is 16.2. The molecule has 0 radical (unpaired) electrons. The number of fused-ring (bicyclic) bond motifs is 1. The minimum atomic E-state index is -0.257. The van der Waals surface area contributed by atoms with Gasteiger partial charge in [0.25, 0.3) is 5.91 Å². The fraction of sp³-hybridized carbons (Fsp3) is 0.143. The molecule has 3 rings (SSSR count). The van der Waals surface area contributed by atoms with Crippen molar-refractivity contribution in [1.29, 1.82) is 0 Å². The molecule has 0 aliphatic heterocycles. The molecule has 0 saturated heterocycles. The molecule has 0 bridgehead atoms. The van der Waals surface area contributed by atoms with Gasteiger partial charge in [0.2, 0.25) is 0 Å². The number of urea groups is 1. The van der Waals surface area contributed by atoms with E-state index in [1.807, 2.05) is 56.3 Å². The lowest BCUT2D eigenvalue weighted by molar-refractivity contribution is 0.102. The van der Waals surface area contributed by atoms with Gasteiger partial charge in [0.1, 0.15) is 0 Å². The first kappa shape index (κ1) is 17.5. The Hall–Kier alpha value is -3.34. The van der Waals surface area contributed by atoms with E-state index in [1.54, 1.807) is 24.3 Å². The second-order valence-electron chi connectivity index (χ2n) is 6.31. The molecule has 0 aliphatic carbocycles. The van der Waals surface area contributed by atoms with Crippen molar-refractivity contribution >= 4 is 34.1 Å². The van der Waals surface area contributed by atoms with E-state index in [1.165, 1.54) is 0 Å². The lowest BCUT2D eigenvalue weighted by atomic mass is 10.0. The summed E-state index contributed by atoms with van der Waals surface area (Å²) in [6.45, 7) is 3.79. The van der Waals surface area contributed by atoms with Crippen LogP contribution in [0.25, 0.3) is 10.8 Å². The molecule has 0 heterocycles. The van der Waals surface area contributed by atoms with Gasteiger partial charge in [-0.15, -0.1) is 0 Å². The fourth-order valence-electron chi connectivity index (χ4n) is 2.69. The highest BCUT2D eigenvalue weighted by Gasteiger charge is 2.10. The normalized spacial score (nSPS) is 10.6. The van der Waals surface area contributed by atoms with Crippen molar-refractivity contribution < 1.29 is 9.59 Å². The van der Waals surface area contributed by atoms with E-state index in [9.17, 15) is 9.59 Å². The second kappa shape index (κ2) is 7.70. The number of carbonyl (C=O) groups is 2. The first-order valence-electron chi connectivity index (χ1n) is 8.49. The van der Waals surface area contributed by atoms with Crippen molar-refractivity contribution in [2.45, 2.75) is 19.9 Å². The Kier molecular flexibility index (Phi) is 5.17. The summed E-state index contributed by atoms with van der Waals surface area (Å²) in [5.41, 5.74) is 1.95. The molecule has 0 spiro atoms. The Bertz CT molecular complexity index is 928. The summed E-state index contributed by atoms with van der Waals surface area (Å²) in [7, 11) is 0. The predicted octanol–water partition coefficient (Wildman–Crippen LogP) is 4.62. The molecule has 3 N–H and O–H groups in total. The molecule has 132 valence electrons. The lowest BCUT2D eigenvalue weighted by Crippen LogP contribution is -2.34. The number of carbonyl (C=O) groups excluding carboxylic acids is 2. The maximum absolute atomic E-state index is 12.6. The van der Waals surface area contributed by atoms with Crippen molar-refractivity contribution in [3.05, 3.63) is 72.3 Å². The van der Waals surface area contributed by atoms with Gasteiger partial charge < -0.3 is 16.0 Å². The van der Waals surface area contributed by atoms with E-state index >= 15 is 0 Å². The zero-order valence-corrected chi connectivity index (χ0v) is 14.7. The summed E-state index contributed by atoms with van der Waals surface area (Å²) in [6.07, 6.45) is 0. The molecule has 5 heteroatoms. The minimum absolute atomic E-state index is 0.0641. The number of amides is 3. The number of nitrogens with one attached hydrogen (secondary N) is 3. The van der Waals surface area contributed by atoms with Gasteiger partial charge in [-0.2, -0.15) is 0 Å². The van der Waals surface area contributed by atoms with Crippen molar-refractivity contribution in [1.82, 2.24) is 5.32 Å². The monoisotopic (exact) mass is 347 g/mol. The average Bonchev–Trinajstić information content (AvgIpc) is 2.62. The molecule has 3 amide bonds. The van der Waals surface area contributed by atoms with Crippen LogP contribution in [0, 0.1) is 0 Å². The van der Waals surface area contributed by atoms with Crippen LogP contribution in [0.1, 0.15) is 24.2 Å². The van der Waals surface area contributed by atoms with Crippen molar-refractivity contribution in [2.75, 3.05) is 10.6 Å². The molecule has 0 aromatic heterocycles. The van der Waals surface area contributed by atoms with E-state index in [-0.39, 0.29) is 18.0 Å². The summed E-state index contributed by atoms with van der Waals surface area (Å²) in [5, 5.41) is 10.3. The van der Waals surface area contributed by atoms with E-state index in [0.29, 0.717) is 16.9 Å². The molecule has 0 aliphatic rings. The number of rotatable bonds is 4. The van der Waals surface area contributed by atoms with E-state index in [4.69, 9.17) is 0 Å². The second-order valence-corrected chi connectivity index (χ2v) is 6.31. The van der Waals surface area contributed by atoms with Gasteiger partial charge in [0.05, 0.1) is 0 Å². The first-order valence-corrected chi connectivity index (χ1v) is 8.49. The standard InChI is InChI=1S/C21H21N3O2/c1-14(2)22-21(26)24-17-12-10-16(11-13-17)23-20(25)19-9-5-7-15-6-3-4-8-18(15)19/h3-14H,1-2H3,(H,23,25)(H2,22,24,26). The van der Waals surface area contributed by atoms with Gasteiger partial charge in [0, 0.05) is 23.0 Å². The molecule has 0 saturated carbocycles. The zero-order chi connectivity index (χ0) is 18.5. The van der Waals surface area contributed by atoms with Crippen LogP contribution in [0.2, 0.25) is 0 Å². The Morgan fingerprint density at radius 3 is 2.08 bits per heavy atom. The van der Waals surface area contributed by atoms with Gasteiger partial charge in [0.15, 0.2) is 0 Å². The molecule has 3 aromatic rings. The van der Waals surface area contributed by atoms with Crippen LogP contribution in [0.4, 0.5) is 16.2 Å². The van der Waals surface area contributed by atoms with Crippen LogP contribution in [0.15, 0.2) is 66.7 Å². The third-order valence-corrected chi connectivity index (χ3v) is 3.85. The van der Waals surface area contributed by atoms with Crippen LogP contribution in [-0.2, 0) is 0 Å². The van der Waals surface area contributed by atoms with E-state index in [2.05, 4.69) is 16.0 Å². The van der Waals surface area contributed by atoms with Crippen LogP contribution >= 0.6 is 0 Å². The molecule has 26 heavy (non-hydrogen) atoms. The summed E-state index contributed by atoms with van der Waals surface area (Å²) in [4.78, 5) is 24.3. The predicted molar refractivity (Wildman–Crippen MR) is 106 cm³/mol. The summed E-state index contributed by atoms with van der Waals surface area (Å²) in [6, 6.07) is 20.3. The molecule has 3 aromatic carbocycles. The summed E-state index contributed by atoms with van der Waals surface area (Å²) < 4.78 is 0. The zero-order valence-electron chi connectivity index (χ0n) is 14.7. The van der Waals surface area contributed by atoms with Crippen LogP contribution in [0.5, 0.6) is 0 Å². The molecule has 5 nitrogen and oxygen atoms in total. The Labute approximate surface area is 152 Å². The topological polar surface area (TPSA) is 70.2 Å². The average molecular weight is 347 g/mol. The highest BCUT2D eigenvalue weighted by Crippen LogP contribution is 2.20. The molecule has 0 atom stereocenters. The van der Waals surface area contributed by atoms with Crippen LogP contribution < -0.4 is 16.0 Å². The SMILES string of the molecule is CC(C)NC(=O)Nc1ccc(NC(=O)c2cccc3ccccc23)cc1. The van der Waals surface area contributed by atoms with E-state index in [0.717, 1.165) is 10.8 Å². The van der Waals surface area contributed by atoms with Crippen LogP contribution in [0.3, 0.4) is 0 Å². The maximum atomic E-state index is 12.6. The largest absolute Gasteiger partial charge is 0.336 e. The first-order chi connectivity index (χ1) is 12.5. The van der Waals surface area contributed by atoms with Crippen molar-refractivity contribution in [2.24, 2.45) is 0 Å². The van der Waals surface area contributed by atoms with Gasteiger partial charge >= 0.3 is 6.03 Å². The quantitative estimate of drug-likeness (QED) is 0.644. The third-order valence-electron chi connectivity index (χ3n) is 3.85. The van der Waals surface area contributed by atoms with Crippen LogP contribution in [-0.4, -0.2) is 18.0 Å². The van der Waals surface area contributed by atoms with Gasteiger partial charge in [-0.25, -0.2) is 4.79 Å². The number of hydrogen-bond acceptors (Lipinski definition) is 2. The van der Waals surface area contributed by atoms with E-state index < -0.39 is 0 Å². The number of benzene rings is 3. The van der Waals surface area contributed by atoms with Gasteiger partial charge in [-0.3, -0.25) is 4.79 Å². The molecular weight excluding hydrogens is 326 g/mol. The smallest absolute Gasteiger partial charge is 0.319 e. The fourth-order valence-corrected chi connectivity index (χ4v) is 2.69. The Balaban J connectivity index is 1.70. The minimum Gasteiger partial charge on any atom is -0.336 e. The van der Waals surface area contributed by atoms with Crippen molar-refractivity contribution in [3.8, 4) is 0 Å². The Morgan fingerprint density at radius 2 is 1.38 bits per heavy atom. The summed E-state index contributed by atoms with van der Waals surface area (Å²) >= 11 is 0. The van der Waals surface area contributed by atoms with Gasteiger partial charge in [-0.05, 0) is 55.0 Å². The molecule has 0 fully saturated rings.